The van der Waals surface area contributed by atoms with Crippen molar-refractivity contribution in [1.82, 2.24) is 19.5 Å². The predicted molar refractivity (Wildman–Crippen MR) is 99.5 cm³/mol. The van der Waals surface area contributed by atoms with E-state index in [9.17, 15) is 0 Å². The van der Waals surface area contributed by atoms with Gasteiger partial charge in [0.25, 0.3) is 0 Å². The van der Waals surface area contributed by atoms with Crippen LogP contribution >= 0.6 is 0 Å². The molecule has 0 bridgehead atoms. The molecule has 26 heavy (non-hydrogen) atoms. The Morgan fingerprint density at radius 1 is 0.923 bits per heavy atom. The number of nitrogens with one attached hydrogen (secondary N) is 1. The first-order chi connectivity index (χ1) is 12.8. The van der Waals surface area contributed by atoms with Crippen LogP contribution in [0.4, 0.5) is 11.5 Å². The normalized spacial score (nSPS) is 10.7. The standard InChI is InChI=1S/C19H17N5O2/c1-25-14-8-9-16(26-2)15(10-14)23-18-17-19(21-11-20-18)24(12-22-17)13-6-4-3-5-7-13/h3-12H,1-2H3,(H,20,21,23). The van der Waals surface area contributed by atoms with E-state index >= 15 is 0 Å². The van der Waals surface area contributed by atoms with Gasteiger partial charge in [-0.3, -0.25) is 4.57 Å². The Kier molecular flexibility index (Phi) is 4.10. The summed E-state index contributed by atoms with van der Waals surface area (Å²) in [4.78, 5) is 13.2. The summed E-state index contributed by atoms with van der Waals surface area (Å²) in [5.74, 6) is 1.99. The molecule has 2 heterocycles. The van der Waals surface area contributed by atoms with E-state index in [0.29, 0.717) is 22.8 Å². The second-order valence-electron chi connectivity index (χ2n) is 5.54. The minimum atomic E-state index is 0.594. The lowest BCUT2D eigenvalue weighted by molar-refractivity contribution is 0.405. The SMILES string of the molecule is COc1ccc(OC)c(Nc2ncnc3c2ncn3-c2ccccc2)c1. The molecule has 1 N–H and O–H groups in total. The number of benzene rings is 2. The highest BCUT2D eigenvalue weighted by atomic mass is 16.5. The lowest BCUT2D eigenvalue weighted by atomic mass is 10.2. The summed E-state index contributed by atoms with van der Waals surface area (Å²) >= 11 is 0. The maximum absolute atomic E-state index is 5.42. The topological polar surface area (TPSA) is 74.1 Å². The fraction of sp³-hybridized carbons (Fsp3) is 0.105. The summed E-state index contributed by atoms with van der Waals surface area (Å²) in [6.45, 7) is 0. The second kappa shape index (κ2) is 6.72. The van der Waals surface area contributed by atoms with Crippen molar-refractivity contribution in [3.05, 3.63) is 61.2 Å². The molecule has 4 rings (SSSR count). The molecule has 0 aliphatic rings. The summed E-state index contributed by atoms with van der Waals surface area (Å²) in [5, 5.41) is 3.27. The summed E-state index contributed by atoms with van der Waals surface area (Å²) in [6.07, 6.45) is 3.25. The molecular weight excluding hydrogens is 330 g/mol. The molecular formula is C19H17N5O2. The first-order valence-corrected chi connectivity index (χ1v) is 8.02. The summed E-state index contributed by atoms with van der Waals surface area (Å²) in [7, 11) is 3.24. The molecule has 0 saturated carbocycles. The van der Waals surface area contributed by atoms with Gasteiger partial charge in [-0.25, -0.2) is 15.0 Å². The first-order valence-electron chi connectivity index (χ1n) is 8.02. The number of methoxy groups -OCH3 is 2. The van der Waals surface area contributed by atoms with Crippen LogP contribution in [0.15, 0.2) is 61.2 Å². The number of hydrogen-bond acceptors (Lipinski definition) is 6. The van der Waals surface area contributed by atoms with Crippen molar-refractivity contribution >= 4 is 22.7 Å². The summed E-state index contributed by atoms with van der Waals surface area (Å²) in [5.41, 5.74) is 3.11. The van der Waals surface area contributed by atoms with Gasteiger partial charge in [-0.15, -0.1) is 0 Å². The van der Waals surface area contributed by atoms with E-state index in [-0.39, 0.29) is 0 Å². The van der Waals surface area contributed by atoms with Crippen LogP contribution in [0.5, 0.6) is 11.5 Å². The van der Waals surface area contributed by atoms with Gasteiger partial charge in [0.1, 0.15) is 24.2 Å². The minimum Gasteiger partial charge on any atom is -0.497 e. The smallest absolute Gasteiger partial charge is 0.170 e. The largest absolute Gasteiger partial charge is 0.497 e. The van der Waals surface area contributed by atoms with E-state index in [0.717, 1.165) is 17.0 Å². The van der Waals surface area contributed by atoms with Crippen molar-refractivity contribution < 1.29 is 9.47 Å². The summed E-state index contributed by atoms with van der Waals surface area (Å²) in [6, 6.07) is 15.4. The monoisotopic (exact) mass is 347 g/mol. The molecule has 0 aliphatic carbocycles. The lowest BCUT2D eigenvalue weighted by Crippen LogP contribution is -2.00. The molecule has 7 heteroatoms. The van der Waals surface area contributed by atoms with E-state index in [1.165, 1.54) is 6.33 Å². The molecule has 0 amide bonds. The fourth-order valence-electron chi connectivity index (χ4n) is 2.74. The molecule has 4 aromatic rings. The number of rotatable bonds is 5. The highest BCUT2D eigenvalue weighted by Crippen LogP contribution is 2.32. The van der Waals surface area contributed by atoms with E-state index in [2.05, 4.69) is 20.3 Å². The van der Waals surface area contributed by atoms with Gasteiger partial charge in [0.2, 0.25) is 0 Å². The number of ether oxygens (including phenoxy) is 2. The molecule has 7 nitrogen and oxygen atoms in total. The average Bonchev–Trinajstić information content (AvgIpc) is 3.14. The Morgan fingerprint density at radius 2 is 1.77 bits per heavy atom. The van der Waals surface area contributed by atoms with Gasteiger partial charge in [0.15, 0.2) is 17.0 Å². The van der Waals surface area contributed by atoms with Gasteiger partial charge in [-0.2, -0.15) is 0 Å². The minimum absolute atomic E-state index is 0.594. The molecule has 130 valence electrons. The number of para-hydroxylation sites is 1. The molecule has 0 radical (unpaired) electrons. The molecule has 0 spiro atoms. The first kappa shape index (κ1) is 15.9. The molecule has 0 unspecified atom stereocenters. The van der Waals surface area contributed by atoms with Crippen molar-refractivity contribution in [3.63, 3.8) is 0 Å². The van der Waals surface area contributed by atoms with Crippen LogP contribution < -0.4 is 14.8 Å². The number of aromatic nitrogens is 4. The van der Waals surface area contributed by atoms with Gasteiger partial charge in [-0.05, 0) is 24.3 Å². The van der Waals surface area contributed by atoms with Crippen LogP contribution in [0.1, 0.15) is 0 Å². The Labute approximate surface area is 150 Å². The second-order valence-corrected chi connectivity index (χ2v) is 5.54. The van der Waals surface area contributed by atoms with Crippen LogP contribution in [0, 0.1) is 0 Å². The van der Waals surface area contributed by atoms with Crippen LogP contribution in [-0.2, 0) is 0 Å². The number of anilines is 2. The maximum atomic E-state index is 5.42. The third-order valence-electron chi connectivity index (χ3n) is 4.03. The fourth-order valence-corrected chi connectivity index (χ4v) is 2.74. The lowest BCUT2D eigenvalue weighted by Gasteiger charge is -2.12. The van der Waals surface area contributed by atoms with Crippen LogP contribution in [-0.4, -0.2) is 33.7 Å². The van der Waals surface area contributed by atoms with Crippen molar-refractivity contribution in [3.8, 4) is 17.2 Å². The van der Waals surface area contributed by atoms with Gasteiger partial charge in [-0.1, -0.05) is 18.2 Å². The Bertz CT molecular complexity index is 1050. The zero-order valence-electron chi connectivity index (χ0n) is 14.4. The Hall–Kier alpha value is -3.61. The van der Waals surface area contributed by atoms with E-state index in [1.807, 2.05) is 53.1 Å². The van der Waals surface area contributed by atoms with E-state index < -0.39 is 0 Å². The van der Waals surface area contributed by atoms with Crippen molar-refractivity contribution in [2.45, 2.75) is 0 Å². The van der Waals surface area contributed by atoms with Gasteiger partial charge < -0.3 is 14.8 Å². The molecule has 0 fully saturated rings. The Balaban J connectivity index is 1.78. The zero-order valence-corrected chi connectivity index (χ0v) is 14.4. The molecule has 2 aromatic carbocycles. The van der Waals surface area contributed by atoms with Crippen molar-refractivity contribution in [2.24, 2.45) is 0 Å². The molecule has 0 aliphatic heterocycles. The van der Waals surface area contributed by atoms with E-state index in [4.69, 9.17) is 9.47 Å². The van der Waals surface area contributed by atoms with E-state index in [1.54, 1.807) is 20.5 Å². The third-order valence-corrected chi connectivity index (χ3v) is 4.03. The number of fused-ring (bicyclic) bond motifs is 1. The summed E-state index contributed by atoms with van der Waals surface area (Å²) < 4.78 is 12.6. The van der Waals surface area contributed by atoms with Crippen molar-refractivity contribution in [1.29, 1.82) is 0 Å². The zero-order chi connectivity index (χ0) is 17.9. The molecule has 0 atom stereocenters. The number of nitrogens with zero attached hydrogens (tertiary/aromatic N) is 4. The molecule has 0 saturated heterocycles. The van der Waals surface area contributed by atoms with Crippen LogP contribution in [0.2, 0.25) is 0 Å². The van der Waals surface area contributed by atoms with Crippen molar-refractivity contribution in [2.75, 3.05) is 19.5 Å². The Morgan fingerprint density at radius 3 is 2.54 bits per heavy atom. The number of imidazole rings is 1. The quantitative estimate of drug-likeness (QED) is 0.595. The molecule has 2 aromatic heterocycles. The number of hydrogen-bond donors (Lipinski definition) is 1. The maximum Gasteiger partial charge on any atom is 0.170 e. The predicted octanol–water partition coefficient (Wildman–Crippen LogP) is 3.58. The highest BCUT2D eigenvalue weighted by molar-refractivity contribution is 5.87. The average molecular weight is 347 g/mol. The van der Waals surface area contributed by atoms with Gasteiger partial charge >= 0.3 is 0 Å². The van der Waals surface area contributed by atoms with Gasteiger partial charge in [0.05, 0.1) is 19.9 Å². The highest BCUT2D eigenvalue weighted by Gasteiger charge is 2.13. The third kappa shape index (κ3) is 2.79. The van der Waals surface area contributed by atoms with Gasteiger partial charge in [0, 0.05) is 11.8 Å². The van der Waals surface area contributed by atoms with Crippen LogP contribution in [0.25, 0.3) is 16.9 Å². The van der Waals surface area contributed by atoms with Crippen LogP contribution in [0.3, 0.4) is 0 Å².